The molecule has 1 rings (SSSR count). The molecule has 1 unspecified atom stereocenters. The van der Waals surface area contributed by atoms with Crippen molar-refractivity contribution < 1.29 is 9.47 Å². The summed E-state index contributed by atoms with van der Waals surface area (Å²) in [5.41, 5.74) is 0. The van der Waals surface area contributed by atoms with Crippen LogP contribution in [0.15, 0.2) is 28.7 Å². The fourth-order valence-corrected chi connectivity index (χ4v) is 1.91. The topological polar surface area (TPSA) is 30.5 Å². The number of hydrogen-bond donors (Lipinski definition) is 1. The summed E-state index contributed by atoms with van der Waals surface area (Å²) in [6.45, 7) is 4.61. The normalized spacial score (nSPS) is 12.4. The van der Waals surface area contributed by atoms with Crippen molar-refractivity contribution in [2.24, 2.45) is 0 Å². The van der Waals surface area contributed by atoms with Crippen LogP contribution in [0, 0.1) is 0 Å². The highest BCUT2D eigenvalue weighted by atomic mass is 79.9. The van der Waals surface area contributed by atoms with Crippen molar-refractivity contribution in [1.29, 1.82) is 0 Å². The maximum Gasteiger partial charge on any atom is 0.119 e. The molecule has 102 valence electrons. The molecule has 0 heterocycles. The highest BCUT2D eigenvalue weighted by molar-refractivity contribution is 9.10. The lowest BCUT2D eigenvalue weighted by Gasteiger charge is -2.17. The van der Waals surface area contributed by atoms with Gasteiger partial charge in [-0.3, -0.25) is 0 Å². The first-order valence-electron chi connectivity index (χ1n) is 6.37. The molecular formula is C14H22BrNO2. The lowest BCUT2D eigenvalue weighted by atomic mass is 10.2. The van der Waals surface area contributed by atoms with Crippen LogP contribution in [0.5, 0.6) is 5.75 Å². The molecule has 0 saturated heterocycles. The van der Waals surface area contributed by atoms with E-state index < -0.39 is 0 Å². The maximum atomic E-state index is 5.70. The van der Waals surface area contributed by atoms with E-state index in [-0.39, 0.29) is 0 Å². The zero-order chi connectivity index (χ0) is 13.2. The van der Waals surface area contributed by atoms with Crippen LogP contribution in [0.3, 0.4) is 0 Å². The van der Waals surface area contributed by atoms with Crippen LogP contribution < -0.4 is 10.1 Å². The van der Waals surface area contributed by atoms with Crippen molar-refractivity contribution in [3.05, 3.63) is 28.7 Å². The molecule has 0 aliphatic rings. The Morgan fingerprint density at radius 3 is 2.61 bits per heavy atom. The van der Waals surface area contributed by atoms with Crippen LogP contribution >= 0.6 is 15.9 Å². The highest BCUT2D eigenvalue weighted by Crippen LogP contribution is 2.16. The Kier molecular flexibility index (Phi) is 8.05. The molecule has 0 radical (unpaired) electrons. The third-order valence-corrected chi connectivity index (χ3v) is 3.13. The fourth-order valence-electron chi connectivity index (χ4n) is 1.64. The Hall–Kier alpha value is -0.580. The molecule has 0 amide bonds. The molecule has 3 nitrogen and oxygen atoms in total. The Labute approximate surface area is 118 Å². The maximum absolute atomic E-state index is 5.70. The summed E-state index contributed by atoms with van der Waals surface area (Å²) in [6, 6.07) is 8.27. The molecule has 0 aromatic heterocycles. The number of ether oxygens (including phenoxy) is 2. The summed E-state index contributed by atoms with van der Waals surface area (Å²) in [6.07, 6.45) is 2.08. The summed E-state index contributed by atoms with van der Waals surface area (Å²) in [4.78, 5) is 0. The van der Waals surface area contributed by atoms with Crippen LogP contribution in [0.25, 0.3) is 0 Å². The third kappa shape index (κ3) is 6.38. The minimum absolute atomic E-state index is 0.366. The van der Waals surface area contributed by atoms with Crippen molar-refractivity contribution >= 4 is 15.9 Å². The molecule has 4 heteroatoms. The average Bonchev–Trinajstić information content (AvgIpc) is 2.38. The minimum atomic E-state index is 0.366. The van der Waals surface area contributed by atoms with Gasteiger partial charge < -0.3 is 14.8 Å². The fraction of sp³-hybridized carbons (Fsp3) is 0.571. The Morgan fingerprint density at radius 2 is 2.00 bits per heavy atom. The first-order valence-corrected chi connectivity index (χ1v) is 7.16. The number of hydrogen-bond acceptors (Lipinski definition) is 3. The van der Waals surface area contributed by atoms with E-state index >= 15 is 0 Å². The molecule has 1 aromatic carbocycles. The third-order valence-electron chi connectivity index (χ3n) is 2.60. The number of methoxy groups -OCH3 is 1. The molecule has 0 bridgehead atoms. The first kappa shape index (κ1) is 15.5. The number of nitrogens with one attached hydrogen (secondary N) is 1. The van der Waals surface area contributed by atoms with Crippen molar-refractivity contribution in [3.63, 3.8) is 0 Å². The predicted molar refractivity (Wildman–Crippen MR) is 78.2 cm³/mol. The minimum Gasteiger partial charge on any atom is -0.494 e. The van der Waals surface area contributed by atoms with E-state index in [4.69, 9.17) is 9.47 Å². The molecular weight excluding hydrogens is 294 g/mol. The summed E-state index contributed by atoms with van der Waals surface area (Å²) >= 11 is 3.40. The van der Waals surface area contributed by atoms with E-state index in [1.807, 2.05) is 24.3 Å². The smallest absolute Gasteiger partial charge is 0.119 e. The van der Waals surface area contributed by atoms with E-state index in [0.717, 1.165) is 36.2 Å². The number of benzene rings is 1. The van der Waals surface area contributed by atoms with Crippen molar-refractivity contribution in [1.82, 2.24) is 5.32 Å². The second-order valence-corrected chi connectivity index (χ2v) is 5.11. The molecule has 0 saturated carbocycles. The summed E-state index contributed by atoms with van der Waals surface area (Å²) in [5, 5.41) is 3.45. The van der Waals surface area contributed by atoms with Gasteiger partial charge in [0, 0.05) is 17.6 Å². The van der Waals surface area contributed by atoms with E-state index in [9.17, 15) is 0 Å². The van der Waals surface area contributed by atoms with Crippen LogP contribution in [-0.2, 0) is 4.74 Å². The van der Waals surface area contributed by atoms with Gasteiger partial charge >= 0.3 is 0 Å². The highest BCUT2D eigenvalue weighted by Gasteiger charge is 2.07. The standard InChI is InChI=1S/C14H22BrNO2/c1-3-9-16-13(11-17-2)8-10-18-14-6-4-12(15)5-7-14/h4-7,13,16H,3,8-11H2,1-2H3. The van der Waals surface area contributed by atoms with Gasteiger partial charge in [-0.2, -0.15) is 0 Å². The van der Waals surface area contributed by atoms with Gasteiger partial charge in [-0.15, -0.1) is 0 Å². The quantitative estimate of drug-likeness (QED) is 0.759. The molecule has 1 atom stereocenters. The number of rotatable bonds is 9. The van der Waals surface area contributed by atoms with E-state index in [1.54, 1.807) is 7.11 Å². The van der Waals surface area contributed by atoms with Crippen molar-refractivity contribution in [2.45, 2.75) is 25.8 Å². The average molecular weight is 316 g/mol. The van der Waals surface area contributed by atoms with Gasteiger partial charge in [0.05, 0.1) is 13.2 Å². The first-order chi connectivity index (χ1) is 8.76. The molecule has 1 N–H and O–H groups in total. The molecule has 18 heavy (non-hydrogen) atoms. The molecule has 0 aliphatic heterocycles. The zero-order valence-electron chi connectivity index (χ0n) is 11.1. The largest absolute Gasteiger partial charge is 0.494 e. The monoisotopic (exact) mass is 315 g/mol. The van der Waals surface area contributed by atoms with Gasteiger partial charge in [0.1, 0.15) is 5.75 Å². The molecule has 0 fully saturated rings. The molecule has 0 spiro atoms. The van der Waals surface area contributed by atoms with Crippen LogP contribution in [-0.4, -0.2) is 32.9 Å². The Morgan fingerprint density at radius 1 is 1.28 bits per heavy atom. The van der Waals surface area contributed by atoms with Gasteiger partial charge in [-0.25, -0.2) is 0 Å². The zero-order valence-corrected chi connectivity index (χ0v) is 12.7. The van der Waals surface area contributed by atoms with E-state index in [2.05, 4.69) is 28.2 Å². The molecule has 0 aliphatic carbocycles. The lowest BCUT2D eigenvalue weighted by molar-refractivity contribution is 0.152. The summed E-state index contributed by atoms with van der Waals surface area (Å²) in [5.74, 6) is 0.907. The second-order valence-electron chi connectivity index (χ2n) is 4.20. The van der Waals surface area contributed by atoms with Gasteiger partial charge in [-0.1, -0.05) is 22.9 Å². The van der Waals surface area contributed by atoms with Crippen molar-refractivity contribution in [3.8, 4) is 5.75 Å². The van der Waals surface area contributed by atoms with Gasteiger partial charge in [0.2, 0.25) is 0 Å². The summed E-state index contributed by atoms with van der Waals surface area (Å²) in [7, 11) is 1.73. The van der Waals surface area contributed by atoms with Crippen LogP contribution in [0.2, 0.25) is 0 Å². The van der Waals surface area contributed by atoms with Crippen molar-refractivity contribution in [2.75, 3.05) is 26.9 Å². The number of halogens is 1. The SMILES string of the molecule is CCCNC(CCOc1ccc(Br)cc1)COC. The summed E-state index contributed by atoms with van der Waals surface area (Å²) < 4.78 is 12.0. The predicted octanol–water partition coefficient (Wildman–Crippen LogP) is 3.23. The van der Waals surface area contributed by atoms with E-state index in [1.165, 1.54) is 0 Å². The Bertz CT molecular complexity index is 316. The van der Waals surface area contributed by atoms with E-state index in [0.29, 0.717) is 12.6 Å². The van der Waals surface area contributed by atoms with Gasteiger partial charge in [0.25, 0.3) is 0 Å². The Balaban J connectivity index is 2.26. The lowest BCUT2D eigenvalue weighted by Crippen LogP contribution is -2.35. The van der Waals surface area contributed by atoms with Gasteiger partial charge in [0.15, 0.2) is 0 Å². The van der Waals surface area contributed by atoms with Gasteiger partial charge in [-0.05, 0) is 43.7 Å². The van der Waals surface area contributed by atoms with Crippen LogP contribution in [0.4, 0.5) is 0 Å². The molecule has 1 aromatic rings. The second kappa shape index (κ2) is 9.36. The van der Waals surface area contributed by atoms with Crippen LogP contribution in [0.1, 0.15) is 19.8 Å².